The Morgan fingerprint density at radius 3 is 2.75 bits per heavy atom. The van der Waals surface area contributed by atoms with Gasteiger partial charge in [0.25, 0.3) is 0 Å². The number of carbonyl (C=O) groups excluding carboxylic acids is 1. The zero-order valence-electron chi connectivity index (χ0n) is 15.5. The van der Waals surface area contributed by atoms with Gasteiger partial charge in [-0.3, -0.25) is 4.79 Å². The number of Topliss-reactive ketones (excluding diaryl/α,β-unsaturated/α-hetero) is 1. The predicted molar refractivity (Wildman–Crippen MR) is 96.3 cm³/mol. The van der Waals surface area contributed by atoms with Gasteiger partial charge in [0.1, 0.15) is 11.5 Å². The van der Waals surface area contributed by atoms with Crippen LogP contribution >= 0.6 is 0 Å². The summed E-state index contributed by atoms with van der Waals surface area (Å²) in [4.78, 5) is 12.8. The van der Waals surface area contributed by atoms with E-state index >= 15 is 0 Å². The van der Waals surface area contributed by atoms with Gasteiger partial charge in [0.15, 0.2) is 0 Å². The Balaban J connectivity index is 1.73. The molecular weight excluding hydrogens is 296 g/mol. The average molecular weight is 326 g/mol. The quantitative estimate of drug-likeness (QED) is 0.764. The molecule has 2 fully saturated rings. The van der Waals surface area contributed by atoms with Crippen LogP contribution in [-0.4, -0.2) is 12.9 Å². The van der Waals surface area contributed by atoms with Gasteiger partial charge in [0.2, 0.25) is 0 Å². The summed E-state index contributed by atoms with van der Waals surface area (Å²) < 4.78 is 5.42. The standard InChI is InChI=1S/C22H30O2/c1-13(2)19-12-20(23)22(3)10-9-17-16-8-6-15(24-4)11-14(16)5-7-18(17)21(19)22/h6,8,11,13,17-19,21H,5,7,9-10,12H2,1-4H3/t17-,18-,19+,21-,22-/m1/s1. The van der Waals surface area contributed by atoms with Crippen LogP contribution < -0.4 is 4.74 Å². The van der Waals surface area contributed by atoms with E-state index in [4.69, 9.17) is 4.74 Å². The molecule has 0 bridgehead atoms. The van der Waals surface area contributed by atoms with Crippen LogP contribution in [0.5, 0.6) is 5.75 Å². The summed E-state index contributed by atoms with van der Waals surface area (Å²) in [5.74, 6) is 4.62. The van der Waals surface area contributed by atoms with Gasteiger partial charge >= 0.3 is 0 Å². The smallest absolute Gasteiger partial charge is 0.139 e. The van der Waals surface area contributed by atoms with Crippen molar-refractivity contribution < 1.29 is 9.53 Å². The van der Waals surface area contributed by atoms with Gasteiger partial charge in [-0.25, -0.2) is 0 Å². The molecule has 130 valence electrons. The van der Waals surface area contributed by atoms with Crippen LogP contribution in [0.25, 0.3) is 0 Å². The van der Waals surface area contributed by atoms with Crippen LogP contribution in [0.1, 0.15) is 63.5 Å². The summed E-state index contributed by atoms with van der Waals surface area (Å²) in [6.07, 6.45) is 5.44. The third-order valence-corrected chi connectivity index (χ3v) is 7.56. The number of hydrogen-bond donors (Lipinski definition) is 0. The van der Waals surface area contributed by atoms with Crippen LogP contribution in [-0.2, 0) is 11.2 Å². The number of aryl methyl sites for hydroxylation is 1. The van der Waals surface area contributed by atoms with Crippen LogP contribution in [0.2, 0.25) is 0 Å². The third-order valence-electron chi connectivity index (χ3n) is 7.56. The number of rotatable bonds is 2. The lowest BCUT2D eigenvalue weighted by Crippen LogP contribution is -2.44. The molecule has 5 atom stereocenters. The molecular formula is C22H30O2. The third kappa shape index (κ3) is 2.18. The number of ketones is 1. The molecule has 0 heterocycles. The van der Waals surface area contributed by atoms with Gasteiger partial charge < -0.3 is 4.74 Å². The molecule has 24 heavy (non-hydrogen) atoms. The predicted octanol–water partition coefficient (Wildman–Crippen LogP) is 5.00. The summed E-state index contributed by atoms with van der Waals surface area (Å²) in [5.41, 5.74) is 2.96. The highest BCUT2D eigenvalue weighted by molar-refractivity contribution is 5.87. The van der Waals surface area contributed by atoms with Gasteiger partial charge in [-0.15, -0.1) is 0 Å². The van der Waals surface area contributed by atoms with Gasteiger partial charge in [0, 0.05) is 11.8 Å². The number of methoxy groups -OCH3 is 1. The minimum atomic E-state index is -0.0555. The van der Waals surface area contributed by atoms with Gasteiger partial charge in [-0.05, 0) is 78.5 Å². The minimum absolute atomic E-state index is 0.0555. The lowest BCUT2D eigenvalue weighted by molar-refractivity contribution is -0.129. The Hall–Kier alpha value is -1.31. The van der Waals surface area contributed by atoms with Crippen molar-refractivity contribution in [1.82, 2.24) is 0 Å². The molecule has 0 saturated heterocycles. The van der Waals surface area contributed by atoms with Crippen molar-refractivity contribution in [3.05, 3.63) is 29.3 Å². The Labute approximate surface area is 146 Å². The largest absolute Gasteiger partial charge is 0.497 e. The number of hydrogen-bond acceptors (Lipinski definition) is 2. The summed E-state index contributed by atoms with van der Waals surface area (Å²) in [6, 6.07) is 6.66. The van der Waals surface area contributed by atoms with E-state index in [2.05, 4.69) is 39.0 Å². The molecule has 0 unspecified atom stereocenters. The van der Waals surface area contributed by atoms with E-state index in [9.17, 15) is 4.79 Å². The fourth-order valence-electron chi connectivity index (χ4n) is 6.28. The van der Waals surface area contributed by atoms with E-state index in [-0.39, 0.29) is 5.41 Å². The summed E-state index contributed by atoms with van der Waals surface area (Å²) >= 11 is 0. The first-order chi connectivity index (χ1) is 11.5. The Morgan fingerprint density at radius 2 is 2.04 bits per heavy atom. The molecule has 1 aromatic carbocycles. The highest BCUT2D eigenvalue weighted by Gasteiger charge is 2.58. The molecule has 2 nitrogen and oxygen atoms in total. The van der Waals surface area contributed by atoms with E-state index in [0.29, 0.717) is 35.4 Å². The maximum atomic E-state index is 12.8. The van der Waals surface area contributed by atoms with Gasteiger partial charge in [-0.2, -0.15) is 0 Å². The highest BCUT2D eigenvalue weighted by atomic mass is 16.5. The normalized spacial score (nSPS) is 37.8. The SMILES string of the molecule is COc1ccc2c(c1)CC[C@H]1[C@@H]3[C@H](C(C)C)CC(=O)[C@@]3(C)CC[C@H]21. The molecule has 0 radical (unpaired) electrons. The van der Waals surface area contributed by atoms with E-state index in [0.717, 1.165) is 25.0 Å². The van der Waals surface area contributed by atoms with Crippen molar-refractivity contribution in [2.24, 2.45) is 29.1 Å². The second-order valence-electron chi connectivity index (χ2n) is 8.89. The fourth-order valence-corrected chi connectivity index (χ4v) is 6.28. The van der Waals surface area contributed by atoms with Gasteiger partial charge in [0.05, 0.1) is 7.11 Å². The summed E-state index contributed by atoms with van der Waals surface area (Å²) in [6.45, 7) is 6.91. The second kappa shape index (κ2) is 5.61. The first kappa shape index (κ1) is 16.2. The second-order valence-corrected chi connectivity index (χ2v) is 8.89. The zero-order valence-corrected chi connectivity index (χ0v) is 15.5. The Morgan fingerprint density at radius 1 is 1.25 bits per heavy atom. The summed E-state index contributed by atoms with van der Waals surface area (Å²) in [5, 5.41) is 0. The maximum absolute atomic E-state index is 12.8. The van der Waals surface area contributed by atoms with E-state index < -0.39 is 0 Å². The number of ether oxygens (including phenoxy) is 1. The van der Waals surface area contributed by atoms with Crippen molar-refractivity contribution >= 4 is 5.78 Å². The molecule has 0 N–H and O–H groups in total. The van der Waals surface area contributed by atoms with E-state index in [1.165, 1.54) is 24.0 Å². The topological polar surface area (TPSA) is 26.3 Å². The lowest BCUT2D eigenvalue weighted by Gasteiger charge is -2.50. The first-order valence-corrected chi connectivity index (χ1v) is 9.66. The average Bonchev–Trinajstić information content (AvgIpc) is 2.86. The number of carbonyl (C=O) groups is 1. The molecule has 0 aromatic heterocycles. The monoisotopic (exact) mass is 326 g/mol. The van der Waals surface area contributed by atoms with Gasteiger partial charge in [-0.1, -0.05) is 26.8 Å². The Bertz CT molecular complexity index is 662. The van der Waals surface area contributed by atoms with Crippen LogP contribution in [0.15, 0.2) is 18.2 Å². The lowest BCUT2D eigenvalue weighted by atomic mass is 9.53. The first-order valence-electron chi connectivity index (χ1n) is 9.66. The molecule has 1 aromatic rings. The van der Waals surface area contributed by atoms with Crippen molar-refractivity contribution in [3.8, 4) is 5.75 Å². The van der Waals surface area contributed by atoms with Crippen molar-refractivity contribution in [2.45, 2.75) is 58.8 Å². The molecule has 0 amide bonds. The number of benzene rings is 1. The minimum Gasteiger partial charge on any atom is -0.497 e. The molecule has 2 saturated carbocycles. The van der Waals surface area contributed by atoms with E-state index in [1.54, 1.807) is 7.11 Å². The zero-order chi connectivity index (χ0) is 17.1. The van der Waals surface area contributed by atoms with Crippen molar-refractivity contribution in [1.29, 1.82) is 0 Å². The molecule has 2 heteroatoms. The molecule has 3 aliphatic carbocycles. The molecule has 4 rings (SSSR count). The molecule has 3 aliphatic rings. The van der Waals surface area contributed by atoms with Crippen LogP contribution in [0.4, 0.5) is 0 Å². The van der Waals surface area contributed by atoms with Crippen LogP contribution in [0.3, 0.4) is 0 Å². The fraction of sp³-hybridized carbons (Fsp3) is 0.682. The molecule has 0 spiro atoms. The summed E-state index contributed by atoms with van der Waals surface area (Å²) in [7, 11) is 1.75. The van der Waals surface area contributed by atoms with Crippen LogP contribution in [0, 0.1) is 29.1 Å². The van der Waals surface area contributed by atoms with Crippen molar-refractivity contribution in [3.63, 3.8) is 0 Å². The highest BCUT2D eigenvalue weighted by Crippen LogP contribution is 2.62. The Kier molecular flexibility index (Phi) is 3.78. The maximum Gasteiger partial charge on any atom is 0.139 e. The van der Waals surface area contributed by atoms with E-state index in [1.807, 2.05) is 0 Å². The number of fused-ring (bicyclic) bond motifs is 5. The molecule has 0 aliphatic heterocycles. The van der Waals surface area contributed by atoms with Crippen molar-refractivity contribution in [2.75, 3.05) is 7.11 Å².